The van der Waals surface area contributed by atoms with E-state index in [0.717, 1.165) is 5.56 Å². The molecule has 1 aliphatic rings. The number of ether oxygens (including phenoxy) is 1. The van der Waals surface area contributed by atoms with Crippen LogP contribution in [0.3, 0.4) is 0 Å². The van der Waals surface area contributed by atoms with E-state index in [-0.39, 0.29) is 0 Å². The fourth-order valence-electron chi connectivity index (χ4n) is 2.45. The summed E-state index contributed by atoms with van der Waals surface area (Å²) in [6, 6.07) is 7.28. The Kier molecular flexibility index (Phi) is 2.86. The van der Waals surface area contributed by atoms with Gasteiger partial charge < -0.3 is 14.9 Å². The zero-order chi connectivity index (χ0) is 13.6. The second kappa shape index (κ2) is 3.99. The lowest BCUT2D eigenvalue weighted by molar-refractivity contribution is -0.161. The van der Waals surface area contributed by atoms with Crippen molar-refractivity contribution in [1.29, 1.82) is 0 Å². The van der Waals surface area contributed by atoms with Gasteiger partial charge in [0.25, 0.3) is 0 Å². The molecule has 2 rings (SSSR count). The standard InChI is InChI=1S/C14H18O4/c1-13(2)8-10(14(3,17)12(15)16)9-6-4-5-7-11(9)18-13/h4-7,10,17H,8H2,1-3H3,(H,15,16). The van der Waals surface area contributed by atoms with Crippen LogP contribution < -0.4 is 4.74 Å². The summed E-state index contributed by atoms with van der Waals surface area (Å²) in [7, 11) is 0. The summed E-state index contributed by atoms with van der Waals surface area (Å²) in [6.07, 6.45) is 0.462. The van der Waals surface area contributed by atoms with Gasteiger partial charge in [0.1, 0.15) is 11.4 Å². The van der Waals surface area contributed by atoms with Crippen molar-refractivity contribution in [3.8, 4) is 5.75 Å². The Morgan fingerprint density at radius 3 is 2.67 bits per heavy atom. The topological polar surface area (TPSA) is 66.8 Å². The van der Waals surface area contributed by atoms with E-state index in [1.165, 1.54) is 6.92 Å². The molecule has 0 fully saturated rings. The summed E-state index contributed by atoms with van der Waals surface area (Å²) >= 11 is 0. The number of fused-ring (bicyclic) bond motifs is 1. The third-order valence-corrected chi connectivity index (χ3v) is 3.49. The molecule has 0 radical (unpaired) electrons. The molecule has 2 atom stereocenters. The molecule has 0 aliphatic carbocycles. The Balaban J connectivity index is 2.51. The third-order valence-electron chi connectivity index (χ3n) is 3.49. The SMILES string of the molecule is CC1(C)CC(C(C)(O)C(=O)O)c2ccccc2O1. The molecule has 0 saturated carbocycles. The zero-order valence-corrected chi connectivity index (χ0v) is 10.8. The normalized spacial score (nSPS) is 24.6. The van der Waals surface area contributed by atoms with Crippen molar-refractivity contribution >= 4 is 5.97 Å². The van der Waals surface area contributed by atoms with E-state index in [1.807, 2.05) is 32.0 Å². The van der Waals surface area contributed by atoms with E-state index >= 15 is 0 Å². The number of carboxylic acids is 1. The molecule has 98 valence electrons. The van der Waals surface area contributed by atoms with Crippen LogP contribution in [0.15, 0.2) is 24.3 Å². The number of benzene rings is 1. The molecule has 1 aromatic rings. The van der Waals surface area contributed by atoms with Crippen LogP contribution in [0.25, 0.3) is 0 Å². The number of aliphatic carboxylic acids is 1. The number of para-hydroxylation sites is 1. The Morgan fingerprint density at radius 1 is 1.44 bits per heavy atom. The van der Waals surface area contributed by atoms with E-state index in [2.05, 4.69) is 0 Å². The van der Waals surface area contributed by atoms with E-state index < -0.39 is 23.1 Å². The maximum absolute atomic E-state index is 11.3. The number of carbonyl (C=O) groups is 1. The van der Waals surface area contributed by atoms with Crippen molar-refractivity contribution < 1.29 is 19.7 Å². The van der Waals surface area contributed by atoms with Gasteiger partial charge >= 0.3 is 5.97 Å². The highest BCUT2D eigenvalue weighted by Gasteiger charge is 2.47. The molecular weight excluding hydrogens is 232 g/mol. The van der Waals surface area contributed by atoms with Gasteiger partial charge in [-0.15, -0.1) is 0 Å². The first kappa shape index (κ1) is 12.9. The van der Waals surface area contributed by atoms with Crippen LogP contribution in [0.1, 0.15) is 38.7 Å². The molecule has 4 heteroatoms. The van der Waals surface area contributed by atoms with Crippen molar-refractivity contribution in [1.82, 2.24) is 0 Å². The predicted molar refractivity (Wildman–Crippen MR) is 66.8 cm³/mol. The first-order valence-corrected chi connectivity index (χ1v) is 5.98. The quantitative estimate of drug-likeness (QED) is 0.844. The second-order valence-corrected chi connectivity index (χ2v) is 5.61. The minimum absolute atomic E-state index is 0.462. The Morgan fingerprint density at radius 2 is 2.06 bits per heavy atom. The maximum atomic E-state index is 11.3. The summed E-state index contributed by atoms with van der Waals surface area (Å²) < 4.78 is 5.82. The number of rotatable bonds is 2. The van der Waals surface area contributed by atoms with Crippen molar-refractivity contribution in [3.63, 3.8) is 0 Å². The van der Waals surface area contributed by atoms with Gasteiger partial charge in [0.05, 0.1) is 0 Å². The molecule has 0 aromatic heterocycles. The van der Waals surface area contributed by atoms with Crippen molar-refractivity contribution in [2.24, 2.45) is 0 Å². The average molecular weight is 250 g/mol. The smallest absolute Gasteiger partial charge is 0.336 e. The Bertz CT molecular complexity index is 476. The van der Waals surface area contributed by atoms with Gasteiger partial charge in [0, 0.05) is 11.5 Å². The lowest BCUT2D eigenvalue weighted by Crippen LogP contribution is -2.47. The van der Waals surface area contributed by atoms with Gasteiger partial charge in [-0.1, -0.05) is 18.2 Å². The molecule has 1 aromatic carbocycles. The van der Waals surface area contributed by atoms with Crippen LogP contribution >= 0.6 is 0 Å². The molecule has 1 heterocycles. The molecular formula is C14H18O4. The monoisotopic (exact) mass is 250 g/mol. The minimum Gasteiger partial charge on any atom is -0.488 e. The van der Waals surface area contributed by atoms with Gasteiger partial charge in [-0.25, -0.2) is 4.79 Å². The van der Waals surface area contributed by atoms with Crippen molar-refractivity contribution in [2.75, 3.05) is 0 Å². The molecule has 2 unspecified atom stereocenters. The maximum Gasteiger partial charge on any atom is 0.336 e. The fraction of sp³-hybridized carbons (Fsp3) is 0.500. The number of aliphatic hydroxyl groups is 1. The zero-order valence-electron chi connectivity index (χ0n) is 10.8. The number of hydrogen-bond acceptors (Lipinski definition) is 3. The molecule has 2 N–H and O–H groups in total. The summed E-state index contributed by atoms with van der Waals surface area (Å²) in [5.74, 6) is -1.03. The minimum atomic E-state index is -1.79. The summed E-state index contributed by atoms with van der Waals surface area (Å²) in [5.41, 5.74) is -1.53. The van der Waals surface area contributed by atoms with Gasteiger partial charge in [-0.3, -0.25) is 0 Å². The van der Waals surface area contributed by atoms with Crippen LogP contribution in [0.2, 0.25) is 0 Å². The lowest BCUT2D eigenvalue weighted by Gasteiger charge is -2.41. The first-order valence-electron chi connectivity index (χ1n) is 5.98. The number of hydrogen-bond donors (Lipinski definition) is 2. The molecule has 0 bridgehead atoms. The van der Waals surface area contributed by atoms with Gasteiger partial charge in [0.2, 0.25) is 0 Å². The van der Waals surface area contributed by atoms with Crippen LogP contribution in [0.4, 0.5) is 0 Å². The summed E-state index contributed by atoms with van der Waals surface area (Å²) in [4.78, 5) is 11.3. The lowest BCUT2D eigenvalue weighted by atomic mass is 9.75. The van der Waals surface area contributed by atoms with Crippen LogP contribution in [0, 0.1) is 0 Å². The van der Waals surface area contributed by atoms with Crippen molar-refractivity contribution in [2.45, 2.75) is 44.3 Å². The molecule has 0 spiro atoms. The molecule has 1 aliphatic heterocycles. The molecule has 18 heavy (non-hydrogen) atoms. The van der Waals surface area contributed by atoms with E-state index in [1.54, 1.807) is 6.07 Å². The summed E-state index contributed by atoms with van der Waals surface area (Å²) in [5, 5.41) is 19.4. The highest BCUT2D eigenvalue weighted by atomic mass is 16.5. The van der Waals surface area contributed by atoms with Crippen LogP contribution in [-0.2, 0) is 4.79 Å². The Labute approximate surface area is 106 Å². The van der Waals surface area contributed by atoms with Gasteiger partial charge in [-0.05, 0) is 33.3 Å². The van der Waals surface area contributed by atoms with E-state index in [0.29, 0.717) is 12.2 Å². The first-order chi connectivity index (χ1) is 8.24. The van der Waals surface area contributed by atoms with Gasteiger partial charge in [0.15, 0.2) is 5.60 Å². The molecule has 0 amide bonds. The largest absolute Gasteiger partial charge is 0.488 e. The highest BCUT2D eigenvalue weighted by Crippen LogP contribution is 2.45. The van der Waals surface area contributed by atoms with Crippen molar-refractivity contribution in [3.05, 3.63) is 29.8 Å². The van der Waals surface area contributed by atoms with Crippen LogP contribution in [-0.4, -0.2) is 27.4 Å². The average Bonchev–Trinajstić information content (AvgIpc) is 2.26. The van der Waals surface area contributed by atoms with Crippen LogP contribution in [0.5, 0.6) is 5.75 Å². The molecule has 4 nitrogen and oxygen atoms in total. The van der Waals surface area contributed by atoms with E-state index in [9.17, 15) is 15.0 Å². The summed E-state index contributed by atoms with van der Waals surface area (Å²) in [6.45, 7) is 5.14. The highest BCUT2D eigenvalue weighted by molar-refractivity contribution is 5.78. The number of carboxylic acid groups (broad SMARTS) is 1. The third kappa shape index (κ3) is 2.08. The molecule has 0 saturated heterocycles. The fourth-order valence-corrected chi connectivity index (χ4v) is 2.45. The Hall–Kier alpha value is -1.55. The van der Waals surface area contributed by atoms with E-state index in [4.69, 9.17) is 4.74 Å². The second-order valence-electron chi connectivity index (χ2n) is 5.61. The van der Waals surface area contributed by atoms with Gasteiger partial charge in [-0.2, -0.15) is 0 Å². The predicted octanol–water partition coefficient (Wildman–Crippen LogP) is 2.17.